The molecule has 0 spiro atoms. The summed E-state index contributed by atoms with van der Waals surface area (Å²) in [7, 11) is 0. The topological polar surface area (TPSA) is 63.3 Å². The van der Waals surface area contributed by atoms with E-state index in [1.165, 1.54) is 0 Å². The zero-order valence-corrected chi connectivity index (χ0v) is 11.2. The molecule has 0 saturated carbocycles. The summed E-state index contributed by atoms with van der Waals surface area (Å²) in [6.45, 7) is 0. The first-order chi connectivity index (χ1) is 9.16. The number of nitrogens with zero attached hydrogens (tertiary/aromatic N) is 1. The van der Waals surface area contributed by atoms with Crippen molar-refractivity contribution < 1.29 is 14.3 Å². The molecule has 2 aromatic heterocycles. The van der Waals surface area contributed by atoms with Crippen LogP contribution in [0.4, 0.5) is 0 Å². The van der Waals surface area contributed by atoms with Crippen LogP contribution in [0.5, 0.6) is 0 Å². The third-order valence-corrected chi connectivity index (χ3v) is 3.32. The van der Waals surface area contributed by atoms with Crippen LogP contribution in [0.15, 0.2) is 51.5 Å². The number of pyridine rings is 1. The molecule has 2 heterocycles. The second kappa shape index (κ2) is 4.51. The van der Waals surface area contributed by atoms with E-state index in [1.807, 2.05) is 12.1 Å². The molecular formula is C14H8BrNO3. The van der Waals surface area contributed by atoms with E-state index in [4.69, 9.17) is 4.42 Å². The van der Waals surface area contributed by atoms with Crippen LogP contribution >= 0.6 is 15.9 Å². The molecule has 0 unspecified atom stereocenters. The van der Waals surface area contributed by atoms with E-state index < -0.39 is 5.97 Å². The van der Waals surface area contributed by atoms with Gasteiger partial charge in [0.1, 0.15) is 5.56 Å². The van der Waals surface area contributed by atoms with E-state index >= 15 is 0 Å². The van der Waals surface area contributed by atoms with Gasteiger partial charge in [0.25, 0.3) is 0 Å². The van der Waals surface area contributed by atoms with Gasteiger partial charge in [-0.2, -0.15) is 0 Å². The minimum absolute atomic E-state index is 0.144. The number of carboxylic acid groups (broad SMARTS) is 1. The van der Waals surface area contributed by atoms with Crippen molar-refractivity contribution in [3.8, 4) is 11.3 Å². The fourth-order valence-electron chi connectivity index (χ4n) is 1.95. The van der Waals surface area contributed by atoms with Crippen LogP contribution in [0.3, 0.4) is 0 Å². The summed E-state index contributed by atoms with van der Waals surface area (Å²) in [5.74, 6) is -0.696. The normalized spacial score (nSPS) is 10.8. The molecule has 0 aliphatic carbocycles. The number of fused-ring (bicyclic) bond motifs is 1. The van der Waals surface area contributed by atoms with E-state index in [0.29, 0.717) is 22.4 Å². The summed E-state index contributed by atoms with van der Waals surface area (Å²) in [6.07, 6.45) is 1.57. The molecule has 3 aromatic rings. The van der Waals surface area contributed by atoms with Crippen molar-refractivity contribution in [2.75, 3.05) is 0 Å². The predicted molar refractivity (Wildman–Crippen MR) is 74.1 cm³/mol. The molecule has 4 nitrogen and oxygen atoms in total. The molecular weight excluding hydrogens is 310 g/mol. The molecule has 94 valence electrons. The molecule has 1 aromatic carbocycles. The van der Waals surface area contributed by atoms with Crippen molar-refractivity contribution in [3.05, 3.63) is 52.6 Å². The minimum Gasteiger partial charge on any atom is -0.478 e. The quantitative estimate of drug-likeness (QED) is 0.777. The van der Waals surface area contributed by atoms with Gasteiger partial charge in [-0.3, -0.25) is 0 Å². The van der Waals surface area contributed by atoms with Gasteiger partial charge in [0.15, 0.2) is 5.76 Å². The maximum absolute atomic E-state index is 11.4. The highest BCUT2D eigenvalue weighted by atomic mass is 79.9. The highest BCUT2D eigenvalue weighted by Gasteiger charge is 2.21. The molecule has 0 fully saturated rings. The summed E-state index contributed by atoms with van der Waals surface area (Å²) >= 11 is 3.34. The van der Waals surface area contributed by atoms with E-state index in [1.54, 1.807) is 30.5 Å². The Hall–Kier alpha value is -2.14. The van der Waals surface area contributed by atoms with Gasteiger partial charge in [-0.1, -0.05) is 28.1 Å². The van der Waals surface area contributed by atoms with Gasteiger partial charge in [0.2, 0.25) is 5.71 Å². The number of furan rings is 1. The number of rotatable bonds is 2. The van der Waals surface area contributed by atoms with E-state index in [9.17, 15) is 9.90 Å². The van der Waals surface area contributed by atoms with Gasteiger partial charge in [-0.15, -0.1) is 0 Å². The molecule has 0 aliphatic rings. The first kappa shape index (κ1) is 11.9. The zero-order valence-electron chi connectivity index (χ0n) is 9.63. The molecule has 0 bridgehead atoms. The van der Waals surface area contributed by atoms with Crippen molar-refractivity contribution in [1.82, 2.24) is 4.98 Å². The molecule has 0 radical (unpaired) electrons. The predicted octanol–water partition coefficient (Wildman–Crippen LogP) is 3.96. The third-order valence-electron chi connectivity index (χ3n) is 2.79. The lowest BCUT2D eigenvalue weighted by Gasteiger charge is -1.99. The molecule has 1 N–H and O–H groups in total. The van der Waals surface area contributed by atoms with Crippen molar-refractivity contribution >= 4 is 33.0 Å². The Labute approximate surface area is 116 Å². The van der Waals surface area contributed by atoms with Crippen molar-refractivity contribution in [2.24, 2.45) is 0 Å². The smallest absolute Gasteiger partial charge is 0.340 e. The van der Waals surface area contributed by atoms with Crippen molar-refractivity contribution in [2.45, 2.75) is 0 Å². The highest BCUT2D eigenvalue weighted by molar-refractivity contribution is 9.10. The van der Waals surface area contributed by atoms with E-state index in [0.717, 1.165) is 4.47 Å². The number of aromatic carboxylic acids is 1. The first-order valence-corrected chi connectivity index (χ1v) is 6.33. The summed E-state index contributed by atoms with van der Waals surface area (Å²) in [5, 5.41) is 9.88. The van der Waals surface area contributed by atoms with Crippen molar-refractivity contribution in [3.63, 3.8) is 0 Å². The van der Waals surface area contributed by atoms with Gasteiger partial charge in [-0.25, -0.2) is 9.78 Å². The van der Waals surface area contributed by atoms with Gasteiger partial charge >= 0.3 is 5.97 Å². The fourth-order valence-corrected chi connectivity index (χ4v) is 2.21. The summed E-state index contributed by atoms with van der Waals surface area (Å²) in [6, 6.07) is 10.7. The highest BCUT2D eigenvalue weighted by Crippen LogP contribution is 2.33. The average molecular weight is 318 g/mol. The number of aromatic nitrogens is 1. The zero-order chi connectivity index (χ0) is 13.4. The number of halogens is 1. The second-order valence-electron chi connectivity index (χ2n) is 3.97. The van der Waals surface area contributed by atoms with Crippen LogP contribution in [-0.2, 0) is 0 Å². The molecule has 0 aliphatic heterocycles. The lowest BCUT2D eigenvalue weighted by molar-refractivity contribution is 0.0699. The summed E-state index contributed by atoms with van der Waals surface area (Å²) in [5.41, 5.74) is 1.18. The van der Waals surface area contributed by atoms with Gasteiger partial charge in [0, 0.05) is 16.2 Å². The fraction of sp³-hybridized carbons (Fsp3) is 0. The number of benzene rings is 1. The Morgan fingerprint density at radius 3 is 2.63 bits per heavy atom. The lowest BCUT2D eigenvalue weighted by atomic mass is 10.1. The third kappa shape index (κ3) is 2.02. The molecule has 0 saturated heterocycles. The summed E-state index contributed by atoms with van der Waals surface area (Å²) in [4.78, 5) is 15.5. The Bertz CT molecular complexity index is 762. The van der Waals surface area contributed by atoms with Crippen LogP contribution in [0, 0.1) is 0 Å². The van der Waals surface area contributed by atoms with Gasteiger partial charge in [-0.05, 0) is 24.3 Å². The summed E-state index contributed by atoms with van der Waals surface area (Å²) < 4.78 is 6.50. The monoisotopic (exact) mass is 317 g/mol. The average Bonchev–Trinajstić information content (AvgIpc) is 2.78. The van der Waals surface area contributed by atoms with E-state index in [-0.39, 0.29) is 5.56 Å². The Balaban J connectivity index is 2.31. The largest absolute Gasteiger partial charge is 0.478 e. The lowest BCUT2D eigenvalue weighted by Crippen LogP contribution is -1.97. The van der Waals surface area contributed by atoms with Gasteiger partial charge in [0.05, 0.1) is 5.39 Å². The first-order valence-electron chi connectivity index (χ1n) is 5.53. The van der Waals surface area contributed by atoms with Crippen LogP contribution in [0.25, 0.3) is 22.4 Å². The number of carboxylic acids is 1. The Kier molecular flexibility index (Phi) is 2.83. The molecule has 3 rings (SSSR count). The van der Waals surface area contributed by atoms with Crippen LogP contribution in [0.2, 0.25) is 0 Å². The van der Waals surface area contributed by atoms with Crippen molar-refractivity contribution in [1.29, 1.82) is 0 Å². The number of carbonyl (C=O) groups is 1. The van der Waals surface area contributed by atoms with Gasteiger partial charge < -0.3 is 9.52 Å². The van der Waals surface area contributed by atoms with E-state index in [2.05, 4.69) is 20.9 Å². The minimum atomic E-state index is -1.02. The number of hydrogen-bond donors (Lipinski definition) is 1. The SMILES string of the molecule is O=C(O)c1c(-c2ccc(Br)cc2)oc2ncccc12. The Morgan fingerprint density at radius 1 is 1.21 bits per heavy atom. The second-order valence-corrected chi connectivity index (χ2v) is 4.89. The van der Waals surface area contributed by atoms with Crippen LogP contribution in [0.1, 0.15) is 10.4 Å². The standard InChI is InChI=1S/C14H8BrNO3/c15-9-5-3-8(4-6-9)12-11(14(17)18)10-2-1-7-16-13(10)19-12/h1-7H,(H,17,18). The Morgan fingerprint density at radius 2 is 1.95 bits per heavy atom. The molecule has 19 heavy (non-hydrogen) atoms. The maximum Gasteiger partial charge on any atom is 0.340 e. The maximum atomic E-state index is 11.4. The molecule has 5 heteroatoms. The number of hydrogen-bond acceptors (Lipinski definition) is 3. The molecule has 0 atom stereocenters. The van der Waals surface area contributed by atoms with Crippen LogP contribution in [-0.4, -0.2) is 16.1 Å². The van der Waals surface area contributed by atoms with Crippen LogP contribution < -0.4 is 0 Å². The molecule has 0 amide bonds.